The highest BCUT2D eigenvalue weighted by Gasteiger charge is 2.09. The smallest absolute Gasteiger partial charge is 0.126 e. The second-order valence-electron chi connectivity index (χ2n) is 5.42. The van der Waals surface area contributed by atoms with Crippen molar-refractivity contribution in [3.63, 3.8) is 0 Å². The summed E-state index contributed by atoms with van der Waals surface area (Å²) in [5.41, 5.74) is 1.71. The molecule has 1 aromatic rings. The molecule has 0 saturated heterocycles. The van der Waals surface area contributed by atoms with E-state index in [1.807, 2.05) is 12.1 Å². The van der Waals surface area contributed by atoms with Crippen molar-refractivity contribution in [1.82, 2.24) is 10.2 Å². The summed E-state index contributed by atoms with van der Waals surface area (Å²) in [6, 6.07) is 6.25. The Balaban J connectivity index is 2.43. The molecule has 0 spiro atoms. The van der Waals surface area contributed by atoms with Crippen LogP contribution in [-0.4, -0.2) is 31.1 Å². The quantitative estimate of drug-likeness (QED) is 0.812. The van der Waals surface area contributed by atoms with Crippen LogP contribution in [0.1, 0.15) is 44.4 Å². The number of halogens is 1. The fourth-order valence-corrected chi connectivity index (χ4v) is 1.99. The van der Waals surface area contributed by atoms with Crippen LogP contribution in [0.5, 0.6) is 0 Å². The zero-order valence-corrected chi connectivity index (χ0v) is 12.8. The molecule has 1 aromatic carbocycles. The normalized spacial score (nSPS) is 14.7. The van der Waals surface area contributed by atoms with Gasteiger partial charge in [0, 0.05) is 25.2 Å². The van der Waals surface area contributed by atoms with Crippen molar-refractivity contribution in [2.24, 2.45) is 0 Å². The minimum Gasteiger partial charge on any atom is -0.309 e. The Kier molecular flexibility index (Phi) is 6.46. The van der Waals surface area contributed by atoms with E-state index in [0.29, 0.717) is 11.6 Å². The summed E-state index contributed by atoms with van der Waals surface area (Å²) in [6.07, 6.45) is 1.16. The van der Waals surface area contributed by atoms with E-state index in [1.54, 1.807) is 13.0 Å². The Morgan fingerprint density at radius 3 is 2.58 bits per heavy atom. The molecule has 108 valence electrons. The van der Waals surface area contributed by atoms with Gasteiger partial charge in [0.15, 0.2) is 0 Å². The Morgan fingerprint density at radius 1 is 1.32 bits per heavy atom. The molecule has 0 fully saturated rings. The molecule has 0 aliphatic heterocycles. The highest BCUT2D eigenvalue weighted by Crippen LogP contribution is 2.16. The number of nitrogens with one attached hydrogen (secondary N) is 1. The van der Waals surface area contributed by atoms with Gasteiger partial charge in [0.2, 0.25) is 0 Å². The lowest BCUT2D eigenvalue weighted by Crippen LogP contribution is -2.35. The van der Waals surface area contributed by atoms with Gasteiger partial charge in [-0.1, -0.05) is 19.1 Å². The Hall–Kier alpha value is -0.930. The molecule has 2 nitrogen and oxygen atoms in total. The van der Waals surface area contributed by atoms with Crippen molar-refractivity contribution in [2.45, 2.75) is 46.2 Å². The summed E-state index contributed by atoms with van der Waals surface area (Å²) in [5.74, 6) is -0.122. The lowest BCUT2D eigenvalue weighted by molar-refractivity contribution is 0.249. The second kappa shape index (κ2) is 7.61. The van der Waals surface area contributed by atoms with E-state index in [1.165, 1.54) is 0 Å². The van der Waals surface area contributed by atoms with Crippen molar-refractivity contribution in [1.29, 1.82) is 0 Å². The minimum absolute atomic E-state index is 0.122. The van der Waals surface area contributed by atoms with Crippen molar-refractivity contribution in [3.8, 4) is 0 Å². The average molecular weight is 266 g/mol. The molecule has 0 aliphatic rings. The minimum atomic E-state index is -0.122. The van der Waals surface area contributed by atoms with Crippen LogP contribution in [0.2, 0.25) is 0 Å². The van der Waals surface area contributed by atoms with Gasteiger partial charge in [-0.05, 0) is 51.4 Å². The average Bonchev–Trinajstić information content (AvgIpc) is 2.40. The van der Waals surface area contributed by atoms with Crippen LogP contribution >= 0.6 is 0 Å². The first kappa shape index (κ1) is 16.1. The molecule has 2 unspecified atom stereocenters. The summed E-state index contributed by atoms with van der Waals surface area (Å²) >= 11 is 0. The van der Waals surface area contributed by atoms with Crippen LogP contribution in [-0.2, 0) is 0 Å². The molecule has 1 N–H and O–H groups in total. The molecular weight excluding hydrogens is 239 g/mol. The number of rotatable bonds is 7. The predicted molar refractivity (Wildman–Crippen MR) is 79.9 cm³/mol. The van der Waals surface area contributed by atoms with Crippen molar-refractivity contribution in [3.05, 3.63) is 35.1 Å². The maximum atomic E-state index is 13.5. The summed E-state index contributed by atoms with van der Waals surface area (Å²) in [5, 5.41) is 3.45. The van der Waals surface area contributed by atoms with Gasteiger partial charge in [-0.25, -0.2) is 4.39 Å². The van der Waals surface area contributed by atoms with Crippen LogP contribution < -0.4 is 5.32 Å². The molecule has 0 aromatic heterocycles. The second-order valence-corrected chi connectivity index (χ2v) is 5.42. The Labute approximate surface area is 117 Å². The highest BCUT2D eigenvalue weighted by molar-refractivity contribution is 5.25. The molecule has 2 atom stereocenters. The van der Waals surface area contributed by atoms with Gasteiger partial charge in [0.05, 0.1) is 0 Å². The highest BCUT2D eigenvalue weighted by atomic mass is 19.1. The van der Waals surface area contributed by atoms with Crippen molar-refractivity contribution in [2.75, 3.05) is 20.1 Å². The number of hydrogen-bond donors (Lipinski definition) is 1. The maximum Gasteiger partial charge on any atom is 0.126 e. The van der Waals surface area contributed by atoms with Crippen molar-refractivity contribution >= 4 is 0 Å². The molecule has 0 radical (unpaired) electrons. The molecule has 0 aliphatic carbocycles. The van der Waals surface area contributed by atoms with Crippen LogP contribution in [0.15, 0.2) is 18.2 Å². The predicted octanol–water partition coefficient (Wildman–Crippen LogP) is 3.52. The molecule has 0 saturated carbocycles. The van der Waals surface area contributed by atoms with E-state index in [0.717, 1.165) is 25.1 Å². The fraction of sp³-hybridized carbons (Fsp3) is 0.625. The number of hydrogen-bond acceptors (Lipinski definition) is 2. The van der Waals surface area contributed by atoms with E-state index < -0.39 is 0 Å². The Morgan fingerprint density at radius 2 is 2.00 bits per heavy atom. The van der Waals surface area contributed by atoms with E-state index in [9.17, 15) is 4.39 Å². The van der Waals surface area contributed by atoms with Crippen LogP contribution in [0.3, 0.4) is 0 Å². The number of nitrogens with zero attached hydrogens (tertiary/aromatic N) is 1. The largest absolute Gasteiger partial charge is 0.309 e. The topological polar surface area (TPSA) is 15.3 Å². The van der Waals surface area contributed by atoms with Gasteiger partial charge in [-0.2, -0.15) is 0 Å². The monoisotopic (exact) mass is 266 g/mol. The van der Waals surface area contributed by atoms with E-state index in [-0.39, 0.29) is 11.9 Å². The molecule has 0 bridgehead atoms. The van der Waals surface area contributed by atoms with Gasteiger partial charge in [0.1, 0.15) is 5.82 Å². The first-order valence-electron chi connectivity index (χ1n) is 7.15. The lowest BCUT2D eigenvalue weighted by atomic mass is 10.1. The van der Waals surface area contributed by atoms with E-state index in [4.69, 9.17) is 0 Å². The van der Waals surface area contributed by atoms with Gasteiger partial charge in [0.25, 0.3) is 0 Å². The first-order valence-corrected chi connectivity index (χ1v) is 7.15. The summed E-state index contributed by atoms with van der Waals surface area (Å²) in [7, 11) is 2.14. The number of benzene rings is 1. The summed E-state index contributed by atoms with van der Waals surface area (Å²) < 4.78 is 13.5. The number of likely N-dealkylation sites (N-methyl/N-ethyl adjacent to an activating group) is 1. The molecule has 0 amide bonds. The number of aryl methyl sites for hydroxylation is 1. The maximum absolute atomic E-state index is 13.5. The fourth-order valence-electron chi connectivity index (χ4n) is 1.99. The zero-order valence-electron chi connectivity index (χ0n) is 12.8. The van der Waals surface area contributed by atoms with Crippen LogP contribution in [0.4, 0.5) is 4.39 Å². The first-order chi connectivity index (χ1) is 8.95. The van der Waals surface area contributed by atoms with E-state index >= 15 is 0 Å². The van der Waals surface area contributed by atoms with Crippen LogP contribution in [0.25, 0.3) is 0 Å². The van der Waals surface area contributed by atoms with Gasteiger partial charge in [-0.15, -0.1) is 0 Å². The standard InChI is InChI=1S/C16H27FN2/c1-6-13(3)19(5)10-9-18-14(4)15-8-7-12(2)16(17)11-15/h7-8,11,13-14,18H,6,9-10H2,1-5H3. The van der Waals surface area contributed by atoms with Crippen LogP contribution in [0, 0.1) is 12.7 Å². The van der Waals surface area contributed by atoms with Gasteiger partial charge in [-0.3, -0.25) is 0 Å². The SMILES string of the molecule is CCC(C)N(C)CCNC(C)c1ccc(C)c(F)c1. The molecule has 19 heavy (non-hydrogen) atoms. The lowest BCUT2D eigenvalue weighted by Gasteiger charge is -2.24. The summed E-state index contributed by atoms with van der Waals surface area (Å²) in [6.45, 7) is 10.2. The van der Waals surface area contributed by atoms with Crippen molar-refractivity contribution < 1.29 is 4.39 Å². The molecule has 0 heterocycles. The summed E-state index contributed by atoms with van der Waals surface area (Å²) in [4.78, 5) is 2.34. The molecule has 3 heteroatoms. The van der Waals surface area contributed by atoms with E-state index in [2.05, 4.69) is 38.0 Å². The Bertz CT molecular complexity index is 392. The zero-order chi connectivity index (χ0) is 14.4. The van der Waals surface area contributed by atoms with Gasteiger partial charge < -0.3 is 10.2 Å². The van der Waals surface area contributed by atoms with Gasteiger partial charge >= 0.3 is 0 Å². The third-order valence-electron chi connectivity index (χ3n) is 3.95. The molecule has 1 rings (SSSR count). The molecular formula is C16H27FN2. The third-order valence-corrected chi connectivity index (χ3v) is 3.95. The third kappa shape index (κ3) is 4.92.